The molecule has 0 aliphatic carbocycles. The molecule has 108 valence electrons. The van der Waals surface area contributed by atoms with Gasteiger partial charge in [-0.2, -0.15) is 0 Å². The van der Waals surface area contributed by atoms with Gasteiger partial charge in [0.25, 0.3) is 5.91 Å². The molecule has 2 aromatic carbocycles. The SMILES string of the molecule is COC(=O)c1cccc(NC(=O)c2cc(C)cc(N)c2)c1. The lowest BCUT2D eigenvalue weighted by Gasteiger charge is -2.08. The van der Waals surface area contributed by atoms with Crippen LogP contribution in [0.15, 0.2) is 42.5 Å². The maximum absolute atomic E-state index is 12.2. The van der Waals surface area contributed by atoms with Crippen LogP contribution in [0.5, 0.6) is 0 Å². The van der Waals surface area contributed by atoms with Crippen LogP contribution in [0.3, 0.4) is 0 Å². The first-order chi connectivity index (χ1) is 9.99. The summed E-state index contributed by atoms with van der Waals surface area (Å²) in [6.07, 6.45) is 0. The van der Waals surface area contributed by atoms with E-state index < -0.39 is 5.97 Å². The summed E-state index contributed by atoms with van der Waals surface area (Å²) in [4.78, 5) is 23.6. The van der Waals surface area contributed by atoms with Crippen molar-refractivity contribution >= 4 is 23.3 Å². The number of ether oxygens (including phenoxy) is 1. The monoisotopic (exact) mass is 284 g/mol. The van der Waals surface area contributed by atoms with Crippen LogP contribution < -0.4 is 11.1 Å². The molecule has 0 aliphatic heterocycles. The molecule has 1 amide bonds. The third kappa shape index (κ3) is 3.60. The molecule has 0 bridgehead atoms. The minimum atomic E-state index is -0.453. The van der Waals surface area contributed by atoms with Gasteiger partial charge in [0.1, 0.15) is 0 Å². The summed E-state index contributed by atoms with van der Waals surface area (Å²) in [7, 11) is 1.31. The highest BCUT2D eigenvalue weighted by Crippen LogP contribution is 2.15. The first kappa shape index (κ1) is 14.6. The molecule has 2 aromatic rings. The Morgan fingerprint density at radius 2 is 1.86 bits per heavy atom. The Labute approximate surface area is 122 Å². The Morgan fingerprint density at radius 3 is 2.52 bits per heavy atom. The van der Waals surface area contributed by atoms with Crippen molar-refractivity contribution in [1.82, 2.24) is 0 Å². The molecule has 0 heterocycles. The molecule has 0 saturated heterocycles. The lowest BCUT2D eigenvalue weighted by Crippen LogP contribution is -2.13. The first-order valence-electron chi connectivity index (χ1n) is 6.36. The number of hydrogen-bond acceptors (Lipinski definition) is 4. The normalized spacial score (nSPS) is 10.0. The van der Waals surface area contributed by atoms with E-state index >= 15 is 0 Å². The van der Waals surface area contributed by atoms with E-state index in [1.54, 1.807) is 42.5 Å². The molecule has 3 N–H and O–H groups in total. The summed E-state index contributed by atoms with van der Waals surface area (Å²) < 4.78 is 4.64. The number of amides is 1. The second-order valence-corrected chi connectivity index (χ2v) is 4.66. The highest BCUT2D eigenvalue weighted by atomic mass is 16.5. The molecule has 0 radical (unpaired) electrons. The quantitative estimate of drug-likeness (QED) is 0.670. The zero-order valence-corrected chi connectivity index (χ0v) is 11.8. The second kappa shape index (κ2) is 6.09. The lowest BCUT2D eigenvalue weighted by atomic mass is 10.1. The Morgan fingerprint density at radius 1 is 1.10 bits per heavy atom. The lowest BCUT2D eigenvalue weighted by molar-refractivity contribution is 0.0600. The molecule has 0 fully saturated rings. The highest BCUT2D eigenvalue weighted by Gasteiger charge is 2.10. The molecular weight excluding hydrogens is 268 g/mol. The van der Waals surface area contributed by atoms with Gasteiger partial charge in [-0.1, -0.05) is 6.07 Å². The summed E-state index contributed by atoms with van der Waals surface area (Å²) >= 11 is 0. The third-order valence-corrected chi connectivity index (χ3v) is 2.90. The molecule has 0 unspecified atom stereocenters. The number of nitrogen functional groups attached to an aromatic ring is 1. The van der Waals surface area contributed by atoms with Gasteiger partial charge in [0, 0.05) is 16.9 Å². The van der Waals surface area contributed by atoms with Crippen LogP contribution in [-0.4, -0.2) is 19.0 Å². The van der Waals surface area contributed by atoms with E-state index in [0.717, 1.165) is 5.56 Å². The van der Waals surface area contributed by atoms with E-state index in [1.165, 1.54) is 7.11 Å². The second-order valence-electron chi connectivity index (χ2n) is 4.66. The van der Waals surface area contributed by atoms with E-state index in [4.69, 9.17) is 5.73 Å². The van der Waals surface area contributed by atoms with Crippen molar-refractivity contribution in [2.45, 2.75) is 6.92 Å². The summed E-state index contributed by atoms with van der Waals surface area (Å²) in [6.45, 7) is 1.87. The Kier molecular flexibility index (Phi) is 4.23. The van der Waals surface area contributed by atoms with Crippen molar-refractivity contribution in [3.63, 3.8) is 0 Å². The number of aryl methyl sites for hydroxylation is 1. The van der Waals surface area contributed by atoms with Crippen molar-refractivity contribution < 1.29 is 14.3 Å². The molecule has 0 spiro atoms. The molecule has 5 heteroatoms. The van der Waals surface area contributed by atoms with Gasteiger partial charge in [0.2, 0.25) is 0 Å². The number of carbonyl (C=O) groups is 2. The first-order valence-corrected chi connectivity index (χ1v) is 6.36. The number of rotatable bonds is 3. The fourth-order valence-corrected chi connectivity index (χ4v) is 1.99. The molecule has 0 atom stereocenters. The number of esters is 1. The number of carbonyl (C=O) groups excluding carboxylic acids is 2. The number of nitrogens with two attached hydrogens (primary N) is 1. The van der Waals surface area contributed by atoms with Crippen LogP contribution in [0, 0.1) is 6.92 Å². The molecule has 0 aromatic heterocycles. The predicted molar refractivity (Wildman–Crippen MR) is 81.3 cm³/mol. The minimum Gasteiger partial charge on any atom is -0.465 e. The maximum Gasteiger partial charge on any atom is 0.337 e. The molecule has 2 rings (SSSR count). The third-order valence-electron chi connectivity index (χ3n) is 2.90. The van der Waals surface area contributed by atoms with Gasteiger partial charge < -0.3 is 15.8 Å². The smallest absolute Gasteiger partial charge is 0.337 e. The Hall–Kier alpha value is -2.82. The van der Waals surface area contributed by atoms with Gasteiger partial charge in [0.15, 0.2) is 0 Å². The average Bonchev–Trinajstić information content (AvgIpc) is 2.45. The molecular formula is C16H16N2O3. The van der Waals surface area contributed by atoms with E-state index in [9.17, 15) is 9.59 Å². The zero-order chi connectivity index (χ0) is 15.4. The number of methoxy groups -OCH3 is 1. The van der Waals surface area contributed by atoms with Crippen molar-refractivity contribution in [2.75, 3.05) is 18.2 Å². The molecule has 5 nitrogen and oxygen atoms in total. The average molecular weight is 284 g/mol. The van der Waals surface area contributed by atoms with Crippen molar-refractivity contribution in [3.8, 4) is 0 Å². The highest BCUT2D eigenvalue weighted by molar-refractivity contribution is 6.05. The minimum absolute atomic E-state index is 0.285. The van der Waals surface area contributed by atoms with E-state index in [0.29, 0.717) is 22.5 Å². The van der Waals surface area contributed by atoms with Crippen LogP contribution >= 0.6 is 0 Å². The van der Waals surface area contributed by atoms with Gasteiger partial charge in [-0.05, 0) is 48.9 Å². The van der Waals surface area contributed by atoms with Crippen LogP contribution in [0.1, 0.15) is 26.3 Å². The summed E-state index contributed by atoms with van der Waals surface area (Å²) in [5, 5.41) is 2.73. The summed E-state index contributed by atoms with van der Waals surface area (Å²) in [5.74, 6) is -0.738. The zero-order valence-electron chi connectivity index (χ0n) is 11.8. The number of hydrogen-bond donors (Lipinski definition) is 2. The number of benzene rings is 2. The van der Waals surface area contributed by atoms with Crippen molar-refractivity contribution in [3.05, 3.63) is 59.2 Å². The largest absolute Gasteiger partial charge is 0.465 e. The fourth-order valence-electron chi connectivity index (χ4n) is 1.99. The number of anilines is 2. The van der Waals surface area contributed by atoms with Gasteiger partial charge in [-0.25, -0.2) is 4.79 Å². The topological polar surface area (TPSA) is 81.4 Å². The molecule has 0 saturated carbocycles. The Balaban J connectivity index is 2.21. The Bertz CT molecular complexity index is 675. The van der Waals surface area contributed by atoms with Crippen LogP contribution in [-0.2, 0) is 4.74 Å². The fraction of sp³-hybridized carbons (Fsp3) is 0.125. The van der Waals surface area contributed by atoms with Gasteiger partial charge in [-0.3, -0.25) is 4.79 Å². The molecule has 0 aliphatic rings. The van der Waals surface area contributed by atoms with Gasteiger partial charge in [-0.15, -0.1) is 0 Å². The van der Waals surface area contributed by atoms with E-state index in [-0.39, 0.29) is 5.91 Å². The van der Waals surface area contributed by atoms with Crippen LogP contribution in [0.2, 0.25) is 0 Å². The van der Waals surface area contributed by atoms with Crippen LogP contribution in [0.25, 0.3) is 0 Å². The summed E-state index contributed by atoms with van der Waals surface area (Å²) in [6, 6.07) is 11.7. The van der Waals surface area contributed by atoms with Gasteiger partial charge >= 0.3 is 5.97 Å². The summed E-state index contributed by atoms with van der Waals surface area (Å²) in [5.41, 5.74) is 8.53. The van der Waals surface area contributed by atoms with E-state index in [1.807, 2.05) is 6.92 Å². The standard InChI is InChI=1S/C16H16N2O3/c1-10-6-12(8-13(17)7-10)15(19)18-14-5-3-4-11(9-14)16(20)21-2/h3-9H,17H2,1-2H3,(H,18,19). The number of nitrogens with one attached hydrogen (secondary N) is 1. The van der Waals surface area contributed by atoms with Crippen LogP contribution in [0.4, 0.5) is 11.4 Å². The van der Waals surface area contributed by atoms with Gasteiger partial charge in [0.05, 0.1) is 12.7 Å². The van der Waals surface area contributed by atoms with E-state index in [2.05, 4.69) is 10.1 Å². The molecule has 21 heavy (non-hydrogen) atoms. The van der Waals surface area contributed by atoms with Crippen molar-refractivity contribution in [2.24, 2.45) is 0 Å². The predicted octanol–water partition coefficient (Wildman–Crippen LogP) is 2.62. The van der Waals surface area contributed by atoms with Crippen molar-refractivity contribution in [1.29, 1.82) is 0 Å². The maximum atomic E-state index is 12.2.